The minimum absolute atomic E-state index is 0.278. The topological polar surface area (TPSA) is 49.8 Å². The Morgan fingerprint density at radius 1 is 1.04 bits per heavy atom. The lowest BCUT2D eigenvalue weighted by molar-refractivity contribution is 0.0472. The highest BCUT2D eigenvalue weighted by atomic mass is 16.5. The molecule has 1 aliphatic rings. The van der Waals surface area contributed by atoms with Gasteiger partial charge in [0.2, 0.25) is 0 Å². The Kier molecular flexibility index (Phi) is 5.49. The molecule has 0 atom stereocenters. The number of carbonyl (C=O) groups is 1. The van der Waals surface area contributed by atoms with Gasteiger partial charge in [-0.05, 0) is 48.6 Å². The monoisotopic (exact) mass is 325 g/mol. The molecule has 2 aromatic rings. The first-order chi connectivity index (χ1) is 11.8. The number of carbonyl (C=O) groups excluding carboxylic acids is 1. The number of aliphatic hydroxyl groups is 1. The van der Waals surface area contributed by atoms with Crippen molar-refractivity contribution in [1.29, 1.82) is 0 Å². The van der Waals surface area contributed by atoms with E-state index in [1.807, 2.05) is 30.3 Å². The van der Waals surface area contributed by atoms with Crippen LogP contribution in [-0.2, 0) is 11.3 Å². The maximum Gasteiger partial charge on any atom is 0.338 e. The number of ether oxygens (including phenoxy) is 1. The number of anilines is 1. The summed E-state index contributed by atoms with van der Waals surface area (Å²) in [7, 11) is 0. The number of hydrogen-bond acceptors (Lipinski definition) is 4. The number of hydrogen-bond donors (Lipinski definition) is 1. The maximum atomic E-state index is 11.9. The average molecular weight is 325 g/mol. The second-order valence-corrected chi connectivity index (χ2v) is 6.22. The standard InChI is InChI=1S/C20H23NO3/c22-14-16-10-12-21(13-11-16)19-8-6-17(7-9-19)15-24-20(23)18-4-2-1-3-5-18/h1-9,16,22H,10-15H2. The molecule has 1 N–H and O–H groups in total. The van der Waals surface area contributed by atoms with Gasteiger partial charge in [0.1, 0.15) is 6.61 Å². The molecule has 4 nitrogen and oxygen atoms in total. The number of esters is 1. The van der Waals surface area contributed by atoms with Crippen molar-refractivity contribution in [3.8, 4) is 0 Å². The number of piperidine rings is 1. The molecule has 1 aliphatic heterocycles. The van der Waals surface area contributed by atoms with E-state index in [0.717, 1.165) is 31.5 Å². The summed E-state index contributed by atoms with van der Waals surface area (Å²) in [6, 6.07) is 17.2. The zero-order valence-corrected chi connectivity index (χ0v) is 13.7. The number of aliphatic hydroxyl groups excluding tert-OH is 1. The predicted molar refractivity (Wildman–Crippen MR) is 94.0 cm³/mol. The summed E-state index contributed by atoms with van der Waals surface area (Å²) in [6.07, 6.45) is 2.07. The molecular formula is C20H23NO3. The molecule has 24 heavy (non-hydrogen) atoms. The van der Waals surface area contributed by atoms with E-state index in [1.54, 1.807) is 12.1 Å². The summed E-state index contributed by atoms with van der Waals surface area (Å²) in [6.45, 7) is 2.53. The second kappa shape index (κ2) is 7.97. The Labute approximate surface area is 142 Å². The number of nitrogens with zero attached hydrogens (tertiary/aromatic N) is 1. The summed E-state index contributed by atoms with van der Waals surface area (Å²) in [4.78, 5) is 14.3. The van der Waals surface area contributed by atoms with Gasteiger partial charge in [0.15, 0.2) is 0 Å². The van der Waals surface area contributed by atoms with E-state index in [4.69, 9.17) is 4.74 Å². The maximum absolute atomic E-state index is 11.9. The first kappa shape index (κ1) is 16.5. The third kappa shape index (κ3) is 4.15. The minimum atomic E-state index is -0.300. The zero-order chi connectivity index (χ0) is 16.8. The highest BCUT2D eigenvalue weighted by molar-refractivity contribution is 5.89. The van der Waals surface area contributed by atoms with E-state index >= 15 is 0 Å². The Bertz CT molecular complexity index is 646. The van der Waals surface area contributed by atoms with Gasteiger partial charge in [0, 0.05) is 25.4 Å². The van der Waals surface area contributed by atoms with E-state index in [2.05, 4.69) is 17.0 Å². The van der Waals surface area contributed by atoms with Crippen molar-refractivity contribution in [3.05, 3.63) is 65.7 Å². The van der Waals surface area contributed by atoms with Gasteiger partial charge in [0.05, 0.1) is 5.56 Å². The molecule has 1 fully saturated rings. The fourth-order valence-electron chi connectivity index (χ4n) is 2.98. The van der Waals surface area contributed by atoms with Crippen molar-refractivity contribution >= 4 is 11.7 Å². The molecule has 1 saturated heterocycles. The second-order valence-electron chi connectivity index (χ2n) is 6.22. The van der Waals surface area contributed by atoms with Gasteiger partial charge in [-0.2, -0.15) is 0 Å². The first-order valence-electron chi connectivity index (χ1n) is 8.43. The van der Waals surface area contributed by atoms with Gasteiger partial charge < -0.3 is 14.7 Å². The van der Waals surface area contributed by atoms with Crippen LogP contribution in [0.15, 0.2) is 54.6 Å². The van der Waals surface area contributed by atoms with Crippen molar-refractivity contribution < 1.29 is 14.6 Å². The van der Waals surface area contributed by atoms with Crippen molar-refractivity contribution in [2.24, 2.45) is 5.92 Å². The smallest absolute Gasteiger partial charge is 0.338 e. The molecule has 4 heteroatoms. The molecule has 0 saturated carbocycles. The third-order valence-electron chi connectivity index (χ3n) is 4.55. The molecule has 0 amide bonds. The van der Waals surface area contributed by atoms with Crippen LogP contribution in [-0.4, -0.2) is 30.8 Å². The highest BCUT2D eigenvalue weighted by Gasteiger charge is 2.18. The lowest BCUT2D eigenvalue weighted by Crippen LogP contribution is -2.34. The van der Waals surface area contributed by atoms with Crippen molar-refractivity contribution in [2.45, 2.75) is 19.4 Å². The Hall–Kier alpha value is -2.33. The van der Waals surface area contributed by atoms with Crippen LogP contribution in [0.1, 0.15) is 28.8 Å². The lowest BCUT2D eigenvalue weighted by atomic mass is 9.97. The van der Waals surface area contributed by atoms with Crippen LogP contribution in [0, 0.1) is 5.92 Å². The Balaban J connectivity index is 1.52. The van der Waals surface area contributed by atoms with E-state index in [9.17, 15) is 9.90 Å². The predicted octanol–water partition coefficient (Wildman–Crippen LogP) is 3.25. The van der Waals surface area contributed by atoms with E-state index < -0.39 is 0 Å². The van der Waals surface area contributed by atoms with Gasteiger partial charge in [-0.15, -0.1) is 0 Å². The molecule has 2 aromatic carbocycles. The number of rotatable bonds is 5. The summed E-state index contributed by atoms with van der Waals surface area (Å²) in [5.74, 6) is 0.142. The molecule has 0 aromatic heterocycles. The molecule has 0 spiro atoms. The highest BCUT2D eigenvalue weighted by Crippen LogP contribution is 2.23. The SMILES string of the molecule is O=C(OCc1ccc(N2CCC(CO)CC2)cc1)c1ccccc1. The summed E-state index contributed by atoms with van der Waals surface area (Å²) in [5.41, 5.74) is 2.73. The Morgan fingerprint density at radius 2 is 1.71 bits per heavy atom. The van der Waals surface area contributed by atoms with Crippen LogP contribution in [0.5, 0.6) is 0 Å². The van der Waals surface area contributed by atoms with Gasteiger partial charge in [0.25, 0.3) is 0 Å². The van der Waals surface area contributed by atoms with Gasteiger partial charge in [-0.1, -0.05) is 30.3 Å². The molecule has 1 heterocycles. The molecular weight excluding hydrogens is 302 g/mol. The molecule has 0 unspecified atom stereocenters. The lowest BCUT2D eigenvalue weighted by Gasteiger charge is -2.32. The fourth-order valence-corrected chi connectivity index (χ4v) is 2.98. The van der Waals surface area contributed by atoms with E-state index in [1.165, 1.54) is 5.69 Å². The summed E-state index contributed by atoms with van der Waals surface area (Å²) in [5, 5.41) is 9.21. The molecule has 0 aliphatic carbocycles. The quantitative estimate of drug-likeness (QED) is 0.857. The van der Waals surface area contributed by atoms with E-state index in [-0.39, 0.29) is 12.6 Å². The number of benzene rings is 2. The van der Waals surface area contributed by atoms with E-state index in [0.29, 0.717) is 18.1 Å². The van der Waals surface area contributed by atoms with Crippen LogP contribution in [0.3, 0.4) is 0 Å². The van der Waals surface area contributed by atoms with Crippen LogP contribution >= 0.6 is 0 Å². The van der Waals surface area contributed by atoms with Gasteiger partial charge in [-0.25, -0.2) is 4.79 Å². The first-order valence-corrected chi connectivity index (χ1v) is 8.43. The summed E-state index contributed by atoms with van der Waals surface area (Å²) < 4.78 is 5.35. The fraction of sp³-hybridized carbons (Fsp3) is 0.350. The largest absolute Gasteiger partial charge is 0.457 e. The summed E-state index contributed by atoms with van der Waals surface area (Å²) >= 11 is 0. The van der Waals surface area contributed by atoms with Crippen LogP contribution in [0.2, 0.25) is 0 Å². The van der Waals surface area contributed by atoms with Crippen molar-refractivity contribution in [2.75, 3.05) is 24.6 Å². The van der Waals surface area contributed by atoms with Crippen LogP contribution in [0.4, 0.5) is 5.69 Å². The molecule has 126 valence electrons. The van der Waals surface area contributed by atoms with Crippen molar-refractivity contribution in [3.63, 3.8) is 0 Å². The van der Waals surface area contributed by atoms with Gasteiger partial charge >= 0.3 is 5.97 Å². The Morgan fingerprint density at radius 3 is 2.33 bits per heavy atom. The normalized spacial score (nSPS) is 15.3. The minimum Gasteiger partial charge on any atom is -0.457 e. The van der Waals surface area contributed by atoms with Crippen LogP contribution in [0.25, 0.3) is 0 Å². The molecule has 0 bridgehead atoms. The van der Waals surface area contributed by atoms with Crippen LogP contribution < -0.4 is 4.90 Å². The molecule has 0 radical (unpaired) electrons. The average Bonchev–Trinajstić information content (AvgIpc) is 2.67. The third-order valence-corrected chi connectivity index (χ3v) is 4.55. The zero-order valence-electron chi connectivity index (χ0n) is 13.7. The van der Waals surface area contributed by atoms with Gasteiger partial charge in [-0.3, -0.25) is 0 Å². The van der Waals surface area contributed by atoms with Crippen molar-refractivity contribution in [1.82, 2.24) is 0 Å². The molecule has 3 rings (SSSR count).